The van der Waals surface area contributed by atoms with E-state index in [4.69, 9.17) is 10.5 Å². The Kier molecular flexibility index (Phi) is 5.17. The Bertz CT molecular complexity index is 417. The van der Waals surface area contributed by atoms with Crippen molar-refractivity contribution in [2.45, 2.75) is 25.8 Å². The molecule has 0 saturated carbocycles. The minimum atomic E-state index is -4.70. The molecule has 4 nitrogen and oxygen atoms in total. The predicted molar refractivity (Wildman–Crippen MR) is 61.4 cm³/mol. The Hall–Kier alpha value is -1.76. The second-order valence-corrected chi connectivity index (χ2v) is 3.90. The van der Waals surface area contributed by atoms with Gasteiger partial charge < -0.3 is 15.2 Å². The summed E-state index contributed by atoms with van der Waals surface area (Å²) in [5, 5.41) is 0. The maximum absolute atomic E-state index is 11.9. The molecule has 0 aliphatic heterocycles. The molecule has 0 amide bonds. The molecule has 0 heterocycles. The number of alkyl halides is 3. The molecule has 0 aliphatic rings. The van der Waals surface area contributed by atoms with E-state index in [1.807, 2.05) is 0 Å². The van der Waals surface area contributed by atoms with Gasteiger partial charge in [-0.25, -0.2) is 0 Å². The van der Waals surface area contributed by atoms with Crippen LogP contribution in [-0.4, -0.2) is 25.0 Å². The maximum atomic E-state index is 11.9. The van der Waals surface area contributed by atoms with Gasteiger partial charge >= 0.3 is 12.3 Å². The quantitative estimate of drug-likeness (QED) is 0.836. The van der Waals surface area contributed by atoms with Crippen LogP contribution in [0.5, 0.6) is 5.75 Å². The summed E-state index contributed by atoms with van der Waals surface area (Å²) in [6.07, 6.45) is -4.71. The standard InChI is InChI=1S/C12H14F3NO3/c1-8(18-11(17)7-16)6-9-2-4-10(5-3-9)19-12(13,14)15/h2-5,8H,6-7,16H2,1H3. The van der Waals surface area contributed by atoms with Gasteiger partial charge in [-0.3, -0.25) is 4.79 Å². The fraction of sp³-hybridized carbons (Fsp3) is 0.417. The van der Waals surface area contributed by atoms with Gasteiger partial charge in [-0.15, -0.1) is 13.2 Å². The average molecular weight is 277 g/mol. The first kappa shape index (κ1) is 15.3. The van der Waals surface area contributed by atoms with Gasteiger partial charge in [-0.2, -0.15) is 0 Å². The molecule has 0 radical (unpaired) electrons. The van der Waals surface area contributed by atoms with Crippen LogP contribution in [0.4, 0.5) is 13.2 Å². The van der Waals surface area contributed by atoms with E-state index < -0.39 is 18.4 Å². The third-order valence-electron chi connectivity index (χ3n) is 2.18. The number of halogens is 3. The normalized spacial score (nSPS) is 12.9. The highest BCUT2D eigenvalue weighted by atomic mass is 19.4. The lowest BCUT2D eigenvalue weighted by Gasteiger charge is -2.13. The van der Waals surface area contributed by atoms with Crippen molar-refractivity contribution < 1.29 is 27.4 Å². The van der Waals surface area contributed by atoms with E-state index >= 15 is 0 Å². The van der Waals surface area contributed by atoms with Gasteiger partial charge in [0.2, 0.25) is 0 Å². The van der Waals surface area contributed by atoms with Gasteiger partial charge in [0.1, 0.15) is 11.9 Å². The van der Waals surface area contributed by atoms with Crippen LogP contribution in [0.3, 0.4) is 0 Å². The maximum Gasteiger partial charge on any atom is 0.573 e. The first-order chi connectivity index (χ1) is 8.80. The molecule has 0 aliphatic carbocycles. The van der Waals surface area contributed by atoms with Crippen molar-refractivity contribution in [1.29, 1.82) is 0 Å². The third kappa shape index (κ3) is 6.10. The van der Waals surface area contributed by atoms with E-state index in [2.05, 4.69) is 4.74 Å². The fourth-order valence-corrected chi connectivity index (χ4v) is 1.47. The second-order valence-electron chi connectivity index (χ2n) is 3.90. The summed E-state index contributed by atoms with van der Waals surface area (Å²) in [5.41, 5.74) is 5.82. The van der Waals surface area contributed by atoms with Crippen LogP contribution in [-0.2, 0) is 16.0 Å². The fourth-order valence-electron chi connectivity index (χ4n) is 1.47. The lowest BCUT2D eigenvalue weighted by molar-refractivity contribution is -0.274. The first-order valence-electron chi connectivity index (χ1n) is 5.54. The Balaban J connectivity index is 2.54. The van der Waals surface area contributed by atoms with Gasteiger partial charge in [0.05, 0.1) is 6.54 Å². The molecule has 0 fully saturated rings. The van der Waals surface area contributed by atoms with Gasteiger partial charge in [-0.1, -0.05) is 12.1 Å². The summed E-state index contributed by atoms with van der Waals surface area (Å²) in [6, 6.07) is 5.38. The minimum Gasteiger partial charge on any atom is -0.461 e. The highest BCUT2D eigenvalue weighted by Crippen LogP contribution is 2.23. The second kappa shape index (κ2) is 6.42. The topological polar surface area (TPSA) is 61.5 Å². The van der Waals surface area contributed by atoms with Crippen LogP contribution in [0.2, 0.25) is 0 Å². The number of benzene rings is 1. The molecule has 1 atom stereocenters. The van der Waals surface area contributed by atoms with Gasteiger partial charge in [-0.05, 0) is 24.6 Å². The Morgan fingerprint density at radius 2 is 1.89 bits per heavy atom. The summed E-state index contributed by atoms with van der Waals surface area (Å²) in [4.78, 5) is 10.9. The molecular weight excluding hydrogens is 263 g/mol. The molecule has 106 valence electrons. The summed E-state index contributed by atoms with van der Waals surface area (Å²) < 4.78 is 44.5. The number of ether oxygens (including phenoxy) is 2. The number of rotatable bonds is 5. The number of hydrogen-bond acceptors (Lipinski definition) is 4. The average Bonchev–Trinajstić information content (AvgIpc) is 2.29. The van der Waals surface area contributed by atoms with Crippen molar-refractivity contribution in [2.75, 3.05) is 6.54 Å². The third-order valence-corrected chi connectivity index (χ3v) is 2.18. The Morgan fingerprint density at radius 3 is 2.37 bits per heavy atom. The molecule has 19 heavy (non-hydrogen) atoms. The summed E-state index contributed by atoms with van der Waals surface area (Å²) in [6.45, 7) is 1.47. The summed E-state index contributed by atoms with van der Waals surface area (Å²) in [5.74, 6) is -0.813. The minimum absolute atomic E-state index is 0.206. The van der Waals surface area contributed by atoms with Crippen molar-refractivity contribution in [3.63, 3.8) is 0 Å². The smallest absolute Gasteiger partial charge is 0.461 e. The van der Waals surface area contributed by atoms with E-state index in [0.29, 0.717) is 6.42 Å². The molecule has 1 aromatic carbocycles. The highest BCUT2D eigenvalue weighted by molar-refractivity contribution is 5.71. The van der Waals surface area contributed by atoms with Crippen LogP contribution in [0.15, 0.2) is 24.3 Å². The number of carbonyl (C=O) groups is 1. The molecule has 0 aromatic heterocycles. The van der Waals surface area contributed by atoms with E-state index in [-0.39, 0.29) is 12.3 Å². The monoisotopic (exact) mass is 277 g/mol. The molecule has 7 heteroatoms. The molecular formula is C12H14F3NO3. The molecule has 0 bridgehead atoms. The first-order valence-corrected chi connectivity index (χ1v) is 5.54. The van der Waals surface area contributed by atoms with E-state index in [1.54, 1.807) is 6.92 Å². The number of nitrogens with two attached hydrogens (primary N) is 1. The molecule has 1 rings (SSSR count). The summed E-state index contributed by atoms with van der Waals surface area (Å²) >= 11 is 0. The molecule has 1 unspecified atom stereocenters. The Labute approximate surface area is 108 Å². The van der Waals surface area contributed by atoms with Crippen LogP contribution < -0.4 is 10.5 Å². The van der Waals surface area contributed by atoms with E-state index in [9.17, 15) is 18.0 Å². The van der Waals surface area contributed by atoms with Gasteiger partial charge in [0.15, 0.2) is 0 Å². The van der Waals surface area contributed by atoms with Crippen molar-refractivity contribution in [3.8, 4) is 5.75 Å². The molecule has 0 spiro atoms. The van der Waals surface area contributed by atoms with Crippen molar-refractivity contribution in [1.82, 2.24) is 0 Å². The van der Waals surface area contributed by atoms with E-state index in [1.165, 1.54) is 24.3 Å². The SMILES string of the molecule is CC(Cc1ccc(OC(F)(F)F)cc1)OC(=O)CN. The van der Waals surface area contributed by atoms with Crippen molar-refractivity contribution in [3.05, 3.63) is 29.8 Å². The van der Waals surface area contributed by atoms with Crippen LogP contribution >= 0.6 is 0 Å². The zero-order valence-corrected chi connectivity index (χ0v) is 10.2. The van der Waals surface area contributed by atoms with Crippen LogP contribution in [0.25, 0.3) is 0 Å². The van der Waals surface area contributed by atoms with Crippen LogP contribution in [0.1, 0.15) is 12.5 Å². The largest absolute Gasteiger partial charge is 0.573 e. The van der Waals surface area contributed by atoms with E-state index in [0.717, 1.165) is 5.56 Å². The van der Waals surface area contributed by atoms with Crippen molar-refractivity contribution >= 4 is 5.97 Å². The lowest BCUT2D eigenvalue weighted by Crippen LogP contribution is -2.23. The molecule has 1 aromatic rings. The molecule has 2 N–H and O–H groups in total. The number of hydrogen-bond donors (Lipinski definition) is 1. The zero-order chi connectivity index (χ0) is 14.5. The lowest BCUT2D eigenvalue weighted by atomic mass is 10.1. The summed E-state index contributed by atoms with van der Waals surface area (Å²) in [7, 11) is 0. The number of carbonyl (C=O) groups excluding carboxylic acids is 1. The highest BCUT2D eigenvalue weighted by Gasteiger charge is 2.30. The molecule has 0 saturated heterocycles. The van der Waals surface area contributed by atoms with Crippen LogP contribution in [0, 0.1) is 0 Å². The zero-order valence-electron chi connectivity index (χ0n) is 10.2. The predicted octanol–water partition coefficient (Wildman–Crippen LogP) is 2.02. The Morgan fingerprint density at radius 1 is 1.32 bits per heavy atom. The van der Waals surface area contributed by atoms with Gasteiger partial charge in [0.25, 0.3) is 0 Å². The van der Waals surface area contributed by atoms with Gasteiger partial charge in [0, 0.05) is 6.42 Å². The number of esters is 1. The van der Waals surface area contributed by atoms with Crippen molar-refractivity contribution in [2.24, 2.45) is 5.73 Å².